The minimum Gasteiger partial charge on any atom is -0.481 e. The molecule has 27 heavy (non-hydrogen) atoms. The van der Waals surface area contributed by atoms with Gasteiger partial charge in [-0.25, -0.2) is 4.79 Å². The lowest BCUT2D eigenvalue weighted by Crippen LogP contribution is -2.44. The summed E-state index contributed by atoms with van der Waals surface area (Å²) >= 11 is 0. The molecule has 0 aromatic heterocycles. The molecule has 1 N–H and O–H groups in total. The Labute approximate surface area is 157 Å². The van der Waals surface area contributed by atoms with Gasteiger partial charge in [0.25, 0.3) is 0 Å². The smallest absolute Gasteiger partial charge is 0.409 e. The lowest BCUT2D eigenvalue weighted by atomic mass is 9.97. The van der Waals surface area contributed by atoms with Gasteiger partial charge in [0.15, 0.2) is 0 Å². The molecule has 3 aliphatic rings. The van der Waals surface area contributed by atoms with Crippen molar-refractivity contribution in [2.45, 2.75) is 18.8 Å². The molecule has 0 radical (unpaired) electrons. The summed E-state index contributed by atoms with van der Waals surface area (Å²) in [5, 5.41) is 9.48. The molecular weight excluding hydrogens is 342 g/mol. The Balaban J connectivity index is 1.32. The van der Waals surface area contributed by atoms with Crippen LogP contribution in [0.15, 0.2) is 48.5 Å². The fourth-order valence-corrected chi connectivity index (χ4v) is 4.85. The molecule has 0 bridgehead atoms. The Hall–Kier alpha value is -2.82. The number of carbonyl (C=O) groups excluding carboxylic acids is 1. The number of carbonyl (C=O) groups is 2. The maximum Gasteiger partial charge on any atom is 0.409 e. The van der Waals surface area contributed by atoms with Gasteiger partial charge in [0.2, 0.25) is 0 Å². The molecule has 1 amide bonds. The number of likely N-dealkylation sites (tertiary alicyclic amines) is 1. The first kappa shape index (κ1) is 16.4. The summed E-state index contributed by atoms with van der Waals surface area (Å²) in [6.07, 6.45) is 1.02. The van der Waals surface area contributed by atoms with Crippen LogP contribution in [0.5, 0.6) is 0 Å². The molecule has 0 unspecified atom stereocenters. The fourth-order valence-electron chi connectivity index (χ4n) is 4.85. The second-order valence-corrected chi connectivity index (χ2v) is 7.88. The number of rotatable bonds is 3. The van der Waals surface area contributed by atoms with Crippen molar-refractivity contribution in [3.05, 3.63) is 59.7 Å². The molecule has 138 valence electrons. The van der Waals surface area contributed by atoms with Crippen LogP contribution in [-0.2, 0) is 9.53 Å². The third kappa shape index (κ3) is 2.45. The molecule has 5 nitrogen and oxygen atoms in total. The number of nitrogens with zero attached hydrogens (tertiary/aromatic N) is 1. The quantitative estimate of drug-likeness (QED) is 0.902. The largest absolute Gasteiger partial charge is 0.481 e. The maximum atomic E-state index is 12.6. The van der Waals surface area contributed by atoms with Crippen molar-refractivity contribution in [3.8, 4) is 11.1 Å². The molecule has 0 spiro atoms. The summed E-state index contributed by atoms with van der Waals surface area (Å²) in [7, 11) is 0. The van der Waals surface area contributed by atoms with Crippen LogP contribution in [0.4, 0.5) is 4.79 Å². The molecule has 2 aromatic rings. The summed E-state index contributed by atoms with van der Waals surface area (Å²) in [4.78, 5) is 25.7. The van der Waals surface area contributed by atoms with Gasteiger partial charge >= 0.3 is 12.1 Å². The predicted molar refractivity (Wildman–Crippen MR) is 99.4 cm³/mol. The number of benzene rings is 2. The highest BCUT2D eigenvalue weighted by Crippen LogP contribution is 2.57. The van der Waals surface area contributed by atoms with E-state index in [4.69, 9.17) is 4.74 Å². The second kappa shape index (κ2) is 5.84. The van der Waals surface area contributed by atoms with E-state index in [9.17, 15) is 14.7 Å². The molecule has 1 saturated heterocycles. The normalized spacial score (nSPS) is 25.3. The van der Waals surface area contributed by atoms with Gasteiger partial charge in [-0.2, -0.15) is 0 Å². The van der Waals surface area contributed by atoms with Gasteiger partial charge in [-0.15, -0.1) is 0 Å². The molecule has 1 aliphatic heterocycles. The van der Waals surface area contributed by atoms with Crippen molar-refractivity contribution in [2.75, 3.05) is 19.7 Å². The van der Waals surface area contributed by atoms with E-state index in [0.29, 0.717) is 13.0 Å². The topological polar surface area (TPSA) is 66.8 Å². The summed E-state index contributed by atoms with van der Waals surface area (Å²) in [5.41, 5.74) is 4.00. The Morgan fingerprint density at radius 3 is 2.33 bits per heavy atom. The fraction of sp³-hybridized carbons (Fsp3) is 0.364. The second-order valence-electron chi connectivity index (χ2n) is 7.88. The highest BCUT2D eigenvalue weighted by molar-refractivity contribution is 5.81. The van der Waals surface area contributed by atoms with E-state index in [1.807, 2.05) is 24.3 Å². The zero-order chi connectivity index (χ0) is 18.6. The van der Waals surface area contributed by atoms with Gasteiger partial charge < -0.3 is 14.7 Å². The first-order valence-corrected chi connectivity index (χ1v) is 9.43. The number of piperidine rings is 1. The summed E-state index contributed by atoms with van der Waals surface area (Å²) < 4.78 is 5.66. The van der Waals surface area contributed by atoms with E-state index < -0.39 is 17.5 Å². The van der Waals surface area contributed by atoms with Crippen LogP contribution in [0.1, 0.15) is 29.9 Å². The predicted octanol–water partition coefficient (Wildman–Crippen LogP) is 3.73. The number of carboxylic acids is 1. The SMILES string of the molecule is O=C(OCC1c2ccccc2-c2ccccc21)N1CC[C@H]2C[C@@]2(C(=O)O)C1. The summed E-state index contributed by atoms with van der Waals surface area (Å²) in [6, 6.07) is 16.4. The number of fused-ring (bicyclic) bond motifs is 4. The molecule has 2 atom stereocenters. The van der Waals surface area contributed by atoms with Crippen molar-refractivity contribution < 1.29 is 19.4 Å². The Kier molecular flexibility index (Phi) is 3.54. The zero-order valence-corrected chi connectivity index (χ0v) is 14.9. The van der Waals surface area contributed by atoms with E-state index >= 15 is 0 Å². The minimum atomic E-state index is -0.788. The molecule has 1 heterocycles. The molecular formula is C22H21NO4. The standard InChI is InChI=1S/C22H21NO4/c24-20(25)22-11-14(22)9-10-23(13-22)21(26)27-12-19-17-7-3-1-5-15(17)16-6-2-4-8-18(16)19/h1-8,14,19H,9-13H2,(H,24,25)/t14-,22+/m0/s1. The third-order valence-electron chi connectivity index (χ3n) is 6.47. The Bertz CT molecular complexity index is 894. The van der Waals surface area contributed by atoms with E-state index in [-0.39, 0.29) is 25.0 Å². The van der Waals surface area contributed by atoms with Gasteiger partial charge in [0.05, 0.1) is 5.41 Å². The molecule has 2 aliphatic carbocycles. The third-order valence-corrected chi connectivity index (χ3v) is 6.47. The number of ether oxygens (including phenoxy) is 1. The van der Waals surface area contributed by atoms with Crippen LogP contribution < -0.4 is 0 Å². The van der Waals surface area contributed by atoms with Gasteiger partial charge in [-0.05, 0) is 41.0 Å². The number of carboxylic acid groups (broad SMARTS) is 1. The summed E-state index contributed by atoms with van der Waals surface area (Å²) in [6.45, 7) is 1.12. The van der Waals surface area contributed by atoms with Gasteiger partial charge in [0.1, 0.15) is 6.61 Å². The Morgan fingerprint density at radius 1 is 1.07 bits per heavy atom. The van der Waals surface area contributed by atoms with Crippen LogP contribution >= 0.6 is 0 Å². The van der Waals surface area contributed by atoms with Crippen LogP contribution in [0.25, 0.3) is 11.1 Å². The monoisotopic (exact) mass is 363 g/mol. The Morgan fingerprint density at radius 2 is 1.70 bits per heavy atom. The van der Waals surface area contributed by atoms with Crippen LogP contribution in [0.2, 0.25) is 0 Å². The van der Waals surface area contributed by atoms with E-state index in [2.05, 4.69) is 24.3 Å². The maximum absolute atomic E-state index is 12.6. The van der Waals surface area contributed by atoms with Gasteiger partial charge in [0, 0.05) is 19.0 Å². The zero-order valence-electron chi connectivity index (χ0n) is 14.9. The van der Waals surface area contributed by atoms with E-state index in [1.165, 1.54) is 22.3 Å². The number of aliphatic carboxylic acids is 1. The number of amides is 1. The molecule has 5 rings (SSSR count). The first-order chi connectivity index (χ1) is 13.1. The van der Waals surface area contributed by atoms with Crippen LogP contribution in [-0.4, -0.2) is 41.8 Å². The average molecular weight is 363 g/mol. The van der Waals surface area contributed by atoms with Gasteiger partial charge in [-0.3, -0.25) is 4.79 Å². The highest BCUT2D eigenvalue weighted by atomic mass is 16.6. The van der Waals surface area contributed by atoms with E-state index in [0.717, 1.165) is 6.42 Å². The van der Waals surface area contributed by atoms with Crippen molar-refractivity contribution in [1.29, 1.82) is 0 Å². The highest BCUT2D eigenvalue weighted by Gasteiger charge is 2.63. The lowest BCUT2D eigenvalue weighted by molar-refractivity contribution is -0.145. The lowest BCUT2D eigenvalue weighted by Gasteiger charge is -2.30. The minimum absolute atomic E-state index is 0.0215. The van der Waals surface area contributed by atoms with Crippen LogP contribution in [0.3, 0.4) is 0 Å². The average Bonchev–Trinajstić information content (AvgIpc) is 3.36. The number of hydrogen-bond donors (Lipinski definition) is 1. The van der Waals surface area contributed by atoms with Gasteiger partial charge in [-0.1, -0.05) is 48.5 Å². The van der Waals surface area contributed by atoms with Crippen molar-refractivity contribution in [3.63, 3.8) is 0 Å². The van der Waals surface area contributed by atoms with Crippen LogP contribution in [0, 0.1) is 11.3 Å². The number of hydrogen-bond acceptors (Lipinski definition) is 3. The van der Waals surface area contributed by atoms with Crippen molar-refractivity contribution in [1.82, 2.24) is 4.90 Å². The van der Waals surface area contributed by atoms with Crippen molar-refractivity contribution >= 4 is 12.1 Å². The molecule has 5 heteroatoms. The molecule has 2 fully saturated rings. The first-order valence-electron chi connectivity index (χ1n) is 9.43. The summed E-state index contributed by atoms with van der Waals surface area (Å²) in [5.74, 6) is -0.551. The molecule has 1 saturated carbocycles. The van der Waals surface area contributed by atoms with E-state index in [1.54, 1.807) is 4.90 Å². The molecule has 2 aromatic carbocycles. The van der Waals surface area contributed by atoms with Crippen molar-refractivity contribution in [2.24, 2.45) is 11.3 Å².